The second-order valence-electron chi connectivity index (χ2n) is 4.58. The van der Waals surface area contributed by atoms with Gasteiger partial charge in [0, 0.05) is 6.42 Å². The highest BCUT2D eigenvalue weighted by Crippen LogP contribution is 2.29. The van der Waals surface area contributed by atoms with Crippen LogP contribution in [-0.2, 0) is 6.42 Å². The maximum absolute atomic E-state index is 9.21. The summed E-state index contributed by atoms with van der Waals surface area (Å²) in [7, 11) is 0. The maximum atomic E-state index is 9.21. The Morgan fingerprint density at radius 2 is 1.65 bits per heavy atom. The van der Waals surface area contributed by atoms with Crippen molar-refractivity contribution in [2.75, 3.05) is 0 Å². The second-order valence-corrected chi connectivity index (χ2v) is 4.58. The summed E-state index contributed by atoms with van der Waals surface area (Å²) in [4.78, 5) is 0. The molecule has 1 rings (SSSR count). The molecule has 0 radical (unpaired) electrons. The van der Waals surface area contributed by atoms with Gasteiger partial charge in [-0.05, 0) is 31.9 Å². The molecule has 0 saturated carbocycles. The Hall–Kier alpha value is -2.06. The Morgan fingerprint density at radius 1 is 1.18 bits per heavy atom. The van der Waals surface area contributed by atoms with Gasteiger partial charge in [-0.25, -0.2) is 0 Å². The zero-order valence-corrected chi connectivity index (χ0v) is 10.5. The molecule has 1 aromatic carbocycles. The normalized spacial score (nSPS) is 10.4. The van der Waals surface area contributed by atoms with Crippen LogP contribution in [0.5, 0.6) is 0 Å². The first-order valence-electron chi connectivity index (χ1n) is 5.49. The molecule has 0 fully saturated rings. The summed E-state index contributed by atoms with van der Waals surface area (Å²) in [5.74, 6) is 0. The smallest absolute Gasteiger partial charge is 0.168 e. The topological polar surface area (TPSA) is 47.6 Å². The minimum atomic E-state index is -1.11. The number of allylic oxidation sites excluding steroid dienone is 1. The van der Waals surface area contributed by atoms with Crippen LogP contribution < -0.4 is 0 Å². The fraction of sp³-hybridized carbons (Fsp3) is 0.333. The Balaban J connectivity index is 3.17. The quantitative estimate of drug-likeness (QED) is 0.738. The van der Waals surface area contributed by atoms with Crippen molar-refractivity contribution in [1.29, 1.82) is 10.5 Å². The number of nitriles is 2. The highest BCUT2D eigenvalue weighted by molar-refractivity contribution is 5.37. The number of benzene rings is 1. The molecule has 2 heteroatoms. The molecule has 0 bridgehead atoms. The van der Waals surface area contributed by atoms with Crippen molar-refractivity contribution in [2.45, 2.75) is 27.2 Å². The van der Waals surface area contributed by atoms with Gasteiger partial charge in [0.2, 0.25) is 0 Å². The van der Waals surface area contributed by atoms with Crippen molar-refractivity contribution in [3.05, 3.63) is 47.0 Å². The maximum Gasteiger partial charge on any atom is 0.168 e. The van der Waals surface area contributed by atoms with Crippen LogP contribution in [0.3, 0.4) is 0 Å². The van der Waals surface area contributed by atoms with Crippen LogP contribution >= 0.6 is 0 Å². The lowest BCUT2D eigenvalue weighted by Gasteiger charge is -2.19. The van der Waals surface area contributed by atoms with Gasteiger partial charge in [0.05, 0.1) is 12.1 Å². The highest BCUT2D eigenvalue weighted by Gasteiger charge is 2.31. The first-order chi connectivity index (χ1) is 7.93. The SMILES string of the molecule is C=C(C)C(C#N)(C#N)Cc1cc(C)cc(C)c1. The molecule has 0 aromatic heterocycles. The van der Waals surface area contributed by atoms with Gasteiger partial charge in [-0.15, -0.1) is 0 Å². The monoisotopic (exact) mass is 224 g/mol. The summed E-state index contributed by atoms with van der Waals surface area (Å²) < 4.78 is 0. The molecule has 0 heterocycles. The summed E-state index contributed by atoms with van der Waals surface area (Å²) in [5.41, 5.74) is 2.79. The fourth-order valence-corrected chi connectivity index (χ4v) is 1.92. The van der Waals surface area contributed by atoms with Gasteiger partial charge in [0.25, 0.3) is 0 Å². The summed E-state index contributed by atoms with van der Waals surface area (Å²) in [6.45, 7) is 9.52. The predicted octanol–water partition coefficient (Wildman–Crippen LogP) is 3.46. The molecule has 0 atom stereocenters. The lowest BCUT2D eigenvalue weighted by atomic mass is 9.78. The third-order valence-corrected chi connectivity index (χ3v) is 2.86. The molecule has 0 N–H and O–H groups in total. The van der Waals surface area contributed by atoms with Crippen LogP contribution in [0.25, 0.3) is 0 Å². The van der Waals surface area contributed by atoms with E-state index in [0.717, 1.165) is 16.7 Å². The van der Waals surface area contributed by atoms with Crippen molar-refractivity contribution >= 4 is 0 Å². The molecule has 0 amide bonds. The van der Waals surface area contributed by atoms with E-state index in [1.807, 2.05) is 26.0 Å². The zero-order valence-electron chi connectivity index (χ0n) is 10.5. The minimum Gasteiger partial charge on any atom is -0.196 e. The van der Waals surface area contributed by atoms with Crippen LogP contribution in [0.4, 0.5) is 0 Å². The van der Waals surface area contributed by atoms with E-state index in [-0.39, 0.29) is 0 Å². The average molecular weight is 224 g/mol. The first kappa shape index (κ1) is 13.0. The minimum absolute atomic E-state index is 0.401. The van der Waals surface area contributed by atoms with Gasteiger partial charge in [-0.2, -0.15) is 10.5 Å². The molecular weight excluding hydrogens is 208 g/mol. The van der Waals surface area contributed by atoms with Gasteiger partial charge in [0.15, 0.2) is 5.41 Å². The van der Waals surface area contributed by atoms with E-state index < -0.39 is 5.41 Å². The molecule has 17 heavy (non-hydrogen) atoms. The van der Waals surface area contributed by atoms with E-state index in [1.165, 1.54) is 0 Å². The standard InChI is InChI=1S/C15H16N2/c1-11(2)15(9-16,10-17)8-14-6-12(3)5-13(4)7-14/h5-7H,1,8H2,2-4H3. The third kappa shape index (κ3) is 2.74. The Kier molecular flexibility index (Phi) is 3.71. The summed E-state index contributed by atoms with van der Waals surface area (Å²) in [5, 5.41) is 18.4. The van der Waals surface area contributed by atoms with Crippen LogP contribution in [0.1, 0.15) is 23.6 Å². The molecule has 86 valence electrons. The lowest BCUT2D eigenvalue weighted by molar-refractivity contribution is 0.615. The molecule has 0 aliphatic heterocycles. The number of hydrogen-bond acceptors (Lipinski definition) is 2. The molecular formula is C15H16N2. The van der Waals surface area contributed by atoms with Crippen molar-refractivity contribution in [2.24, 2.45) is 5.41 Å². The van der Waals surface area contributed by atoms with Crippen LogP contribution in [0.15, 0.2) is 30.4 Å². The van der Waals surface area contributed by atoms with Gasteiger partial charge in [0.1, 0.15) is 0 Å². The van der Waals surface area contributed by atoms with E-state index in [4.69, 9.17) is 0 Å². The number of aryl methyl sites for hydroxylation is 2. The first-order valence-corrected chi connectivity index (χ1v) is 5.49. The number of hydrogen-bond donors (Lipinski definition) is 0. The lowest BCUT2D eigenvalue weighted by Crippen LogP contribution is -2.20. The highest BCUT2D eigenvalue weighted by atomic mass is 14.4. The van der Waals surface area contributed by atoms with E-state index in [0.29, 0.717) is 12.0 Å². The molecule has 0 spiro atoms. The number of nitrogens with zero attached hydrogens (tertiary/aromatic N) is 2. The van der Waals surface area contributed by atoms with Gasteiger partial charge >= 0.3 is 0 Å². The molecule has 2 nitrogen and oxygen atoms in total. The Morgan fingerprint density at radius 3 is 2.00 bits per heavy atom. The number of rotatable bonds is 3. The Labute approximate surface area is 103 Å². The molecule has 0 saturated heterocycles. The average Bonchev–Trinajstić information content (AvgIpc) is 2.24. The molecule has 0 aliphatic carbocycles. The van der Waals surface area contributed by atoms with Crippen molar-refractivity contribution in [3.63, 3.8) is 0 Å². The van der Waals surface area contributed by atoms with Gasteiger partial charge < -0.3 is 0 Å². The van der Waals surface area contributed by atoms with Gasteiger partial charge in [-0.3, -0.25) is 0 Å². The molecule has 0 unspecified atom stereocenters. The summed E-state index contributed by atoms with van der Waals surface area (Å²) in [6.07, 6.45) is 0.401. The predicted molar refractivity (Wildman–Crippen MR) is 68.1 cm³/mol. The Bertz CT molecular complexity index is 493. The molecule has 0 aliphatic rings. The van der Waals surface area contributed by atoms with Crippen LogP contribution in [0.2, 0.25) is 0 Å². The third-order valence-electron chi connectivity index (χ3n) is 2.86. The van der Waals surface area contributed by atoms with Gasteiger partial charge in [-0.1, -0.05) is 35.9 Å². The zero-order chi connectivity index (χ0) is 13.1. The van der Waals surface area contributed by atoms with E-state index in [9.17, 15) is 10.5 Å². The van der Waals surface area contributed by atoms with Crippen LogP contribution in [-0.4, -0.2) is 0 Å². The van der Waals surface area contributed by atoms with E-state index in [1.54, 1.807) is 6.92 Å². The summed E-state index contributed by atoms with van der Waals surface area (Å²) in [6, 6.07) is 10.3. The largest absolute Gasteiger partial charge is 0.196 e. The van der Waals surface area contributed by atoms with E-state index in [2.05, 4.69) is 24.8 Å². The van der Waals surface area contributed by atoms with E-state index >= 15 is 0 Å². The van der Waals surface area contributed by atoms with Crippen molar-refractivity contribution in [1.82, 2.24) is 0 Å². The summed E-state index contributed by atoms with van der Waals surface area (Å²) >= 11 is 0. The molecule has 1 aromatic rings. The van der Waals surface area contributed by atoms with Crippen molar-refractivity contribution < 1.29 is 0 Å². The van der Waals surface area contributed by atoms with Crippen molar-refractivity contribution in [3.8, 4) is 12.1 Å². The fourth-order valence-electron chi connectivity index (χ4n) is 1.92. The van der Waals surface area contributed by atoms with Crippen LogP contribution in [0, 0.1) is 41.9 Å². The second kappa shape index (κ2) is 4.85.